The molecule has 4 nitrogen and oxygen atoms in total. The summed E-state index contributed by atoms with van der Waals surface area (Å²) in [5.74, 6) is 0. The van der Waals surface area contributed by atoms with Crippen LogP contribution in [-0.2, 0) is 6.54 Å². The maximum atomic E-state index is 14.1. The van der Waals surface area contributed by atoms with Crippen LogP contribution < -0.4 is 0 Å². The molecule has 0 spiro atoms. The van der Waals surface area contributed by atoms with Gasteiger partial charge in [-0.3, -0.25) is 4.90 Å². The molecule has 1 aromatic heterocycles. The highest BCUT2D eigenvalue weighted by atomic mass is 19.4. The van der Waals surface area contributed by atoms with Gasteiger partial charge in [-0.2, -0.15) is 18.3 Å². The van der Waals surface area contributed by atoms with E-state index < -0.39 is 11.9 Å². The third-order valence-corrected chi connectivity index (χ3v) is 6.58. The van der Waals surface area contributed by atoms with Crippen molar-refractivity contribution in [3.8, 4) is 0 Å². The van der Waals surface area contributed by atoms with Crippen molar-refractivity contribution < 1.29 is 13.2 Å². The lowest BCUT2D eigenvalue weighted by Crippen LogP contribution is -2.44. The number of piperazine rings is 1. The molecule has 1 aliphatic rings. The molecule has 1 aliphatic heterocycles. The van der Waals surface area contributed by atoms with Crippen LogP contribution in [0.3, 0.4) is 0 Å². The molecule has 7 heteroatoms. The number of hydrogen-bond donors (Lipinski definition) is 0. The molecule has 0 unspecified atom stereocenters. The number of halogens is 3. The van der Waals surface area contributed by atoms with Crippen LogP contribution in [-0.4, -0.2) is 51.9 Å². The van der Waals surface area contributed by atoms with E-state index in [0.29, 0.717) is 22.5 Å². The molecule has 0 bridgehead atoms. The predicted molar refractivity (Wildman–Crippen MR) is 140 cm³/mol. The summed E-state index contributed by atoms with van der Waals surface area (Å²) in [5, 5.41) is 4.12. The Morgan fingerprint density at radius 3 is 2.19 bits per heavy atom. The second-order valence-electron chi connectivity index (χ2n) is 9.17. The lowest BCUT2D eigenvalue weighted by molar-refractivity contribution is -0.0744. The lowest BCUT2D eigenvalue weighted by atomic mass is 10.0. The zero-order valence-corrected chi connectivity index (χ0v) is 20.7. The van der Waals surface area contributed by atoms with Gasteiger partial charge in [-0.25, -0.2) is 4.68 Å². The van der Waals surface area contributed by atoms with Crippen LogP contribution >= 0.6 is 0 Å². The number of allylic oxidation sites excluding steroid dienone is 3. The molecule has 4 rings (SSSR count). The molecule has 0 amide bonds. The Morgan fingerprint density at radius 2 is 1.58 bits per heavy atom. The minimum absolute atomic E-state index is 0.270. The number of alkyl halides is 3. The largest absolute Gasteiger partial charge is 0.433 e. The average molecular weight is 493 g/mol. The van der Waals surface area contributed by atoms with Crippen molar-refractivity contribution in [2.24, 2.45) is 0 Å². The van der Waals surface area contributed by atoms with Gasteiger partial charge in [0, 0.05) is 44.0 Å². The Morgan fingerprint density at radius 1 is 0.944 bits per heavy atom. The number of hydrogen-bond acceptors (Lipinski definition) is 3. The topological polar surface area (TPSA) is 24.3 Å². The number of aryl methyl sites for hydroxylation is 1. The van der Waals surface area contributed by atoms with Crippen LogP contribution in [0.5, 0.6) is 0 Å². The molecule has 188 valence electrons. The standard InChI is InChI=1S/C29H31F3N4/c1-21-10-12-26(13-11-21)22(2)18-28(29(30,31)32)36-24(4)27(19-33-36)23(3)35-16-14-34(15-17-35)20-25-8-6-5-7-9-25/h5-13,18-19H,2-3,14-17,20H2,1,4H3/b28-18-. The van der Waals surface area contributed by atoms with Gasteiger partial charge in [0.2, 0.25) is 0 Å². The zero-order valence-electron chi connectivity index (χ0n) is 20.7. The summed E-state index contributed by atoms with van der Waals surface area (Å²) in [5.41, 5.74) is 4.01. The average Bonchev–Trinajstić information content (AvgIpc) is 3.23. The van der Waals surface area contributed by atoms with Gasteiger partial charge in [-0.05, 0) is 36.6 Å². The first-order valence-corrected chi connectivity index (χ1v) is 11.9. The highest BCUT2D eigenvalue weighted by Crippen LogP contribution is 2.34. The molecular weight excluding hydrogens is 461 g/mol. The summed E-state index contributed by atoms with van der Waals surface area (Å²) in [6.07, 6.45) is -2.08. The molecule has 0 N–H and O–H groups in total. The van der Waals surface area contributed by atoms with Crippen molar-refractivity contribution in [2.75, 3.05) is 26.2 Å². The highest BCUT2D eigenvalue weighted by molar-refractivity contribution is 5.79. The molecule has 0 radical (unpaired) electrons. The van der Waals surface area contributed by atoms with Gasteiger partial charge < -0.3 is 4.90 Å². The fraction of sp³-hybridized carbons (Fsp3) is 0.276. The van der Waals surface area contributed by atoms with E-state index in [9.17, 15) is 13.2 Å². The van der Waals surface area contributed by atoms with Crippen LogP contribution in [0, 0.1) is 13.8 Å². The minimum Gasteiger partial charge on any atom is -0.369 e. The van der Waals surface area contributed by atoms with E-state index in [1.807, 2.05) is 37.3 Å². The number of nitrogens with zero attached hydrogens (tertiary/aromatic N) is 4. The molecule has 3 aromatic rings. The molecule has 2 aromatic carbocycles. The Balaban J connectivity index is 1.50. The van der Waals surface area contributed by atoms with E-state index in [2.05, 4.69) is 40.2 Å². The normalized spacial score (nSPS) is 15.2. The van der Waals surface area contributed by atoms with Crippen molar-refractivity contribution >= 4 is 17.0 Å². The maximum Gasteiger partial charge on any atom is 0.433 e. The van der Waals surface area contributed by atoms with Gasteiger partial charge in [0.05, 0.1) is 11.9 Å². The monoisotopic (exact) mass is 492 g/mol. The first-order chi connectivity index (χ1) is 17.1. The summed E-state index contributed by atoms with van der Waals surface area (Å²) >= 11 is 0. The van der Waals surface area contributed by atoms with Crippen LogP contribution in [0.4, 0.5) is 13.2 Å². The quantitative estimate of drug-likeness (QED) is 0.357. The second-order valence-corrected chi connectivity index (χ2v) is 9.17. The summed E-state index contributed by atoms with van der Waals surface area (Å²) in [4.78, 5) is 4.49. The Labute approximate surface area is 210 Å². The molecule has 0 atom stereocenters. The van der Waals surface area contributed by atoms with Crippen LogP contribution in [0.2, 0.25) is 0 Å². The molecule has 1 saturated heterocycles. The van der Waals surface area contributed by atoms with Gasteiger partial charge in [0.15, 0.2) is 0 Å². The smallest absolute Gasteiger partial charge is 0.369 e. The third kappa shape index (κ3) is 5.79. The summed E-state index contributed by atoms with van der Waals surface area (Å²) < 4.78 is 43.3. The van der Waals surface area contributed by atoms with E-state index in [4.69, 9.17) is 0 Å². The summed E-state index contributed by atoms with van der Waals surface area (Å²) in [6, 6.07) is 17.5. The van der Waals surface area contributed by atoms with E-state index >= 15 is 0 Å². The van der Waals surface area contributed by atoms with Crippen molar-refractivity contribution in [2.45, 2.75) is 26.6 Å². The Bertz CT molecular complexity index is 1250. The van der Waals surface area contributed by atoms with Gasteiger partial charge in [0.1, 0.15) is 5.70 Å². The van der Waals surface area contributed by atoms with Gasteiger partial charge in [-0.15, -0.1) is 0 Å². The number of aromatic nitrogens is 2. The van der Waals surface area contributed by atoms with Crippen LogP contribution in [0.15, 0.2) is 80.0 Å². The van der Waals surface area contributed by atoms with E-state index in [1.54, 1.807) is 19.1 Å². The summed E-state index contributed by atoms with van der Waals surface area (Å²) in [7, 11) is 0. The van der Waals surface area contributed by atoms with Crippen molar-refractivity contribution in [1.82, 2.24) is 19.6 Å². The third-order valence-electron chi connectivity index (χ3n) is 6.58. The maximum absolute atomic E-state index is 14.1. The minimum atomic E-state index is -4.61. The zero-order chi connectivity index (χ0) is 25.9. The molecular formula is C29H31F3N4. The van der Waals surface area contributed by atoms with Gasteiger partial charge >= 0.3 is 6.18 Å². The Kier molecular flexibility index (Phi) is 7.50. The first-order valence-electron chi connectivity index (χ1n) is 11.9. The van der Waals surface area contributed by atoms with E-state index in [1.165, 1.54) is 11.8 Å². The predicted octanol–water partition coefficient (Wildman–Crippen LogP) is 6.41. The van der Waals surface area contributed by atoms with Gasteiger partial charge in [-0.1, -0.05) is 73.3 Å². The highest BCUT2D eigenvalue weighted by Gasteiger charge is 2.37. The molecule has 36 heavy (non-hydrogen) atoms. The molecule has 0 aliphatic carbocycles. The molecule has 1 fully saturated rings. The first kappa shape index (κ1) is 25.5. The Hall–Kier alpha value is -3.58. The fourth-order valence-electron chi connectivity index (χ4n) is 4.40. The molecule has 2 heterocycles. The van der Waals surface area contributed by atoms with Crippen LogP contribution in [0.25, 0.3) is 17.0 Å². The van der Waals surface area contributed by atoms with Crippen molar-refractivity contribution in [3.63, 3.8) is 0 Å². The molecule has 0 saturated carbocycles. The van der Waals surface area contributed by atoms with Gasteiger partial charge in [0.25, 0.3) is 0 Å². The number of rotatable bonds is 7. The summed E-state index contributed by atoms with van der Waals surface area (Å²) in [6.45, 7) is 15.7. The van der Waals surface area contributed by atoms with E-state index in [0.717, 1.165) is 49.0 Å². The van der Waals surface area contributed by atoms with Crippen molar-refractivity contribution in [3.05, 3.63) is 108 Å². The second kappa shape index (κ2) is 10.6. The van der Waals surface area contributed by atoms with E-state index in [-0.39, 0.29) is 5.57 Å². The van der Waals surface area contributed by atoms with Crippen molar-refractivity contribution in [1.29, 1.82) is 0 Å². The SMILES string of the molecule is C=C(/C=C(\n1ncc(C(=C)N2CCN(Cc3ccccc3)CC2)c1C)C(F)(F)F)c1ccc(C)cc1. The fourth-order valence-corrected chi connectivity index (χ4v) is 4.40. The van der Waals surface area contributed by atoms with Crippen LogP contribution in [0.1, 0.15) is 27.9 Å². The lowest BCUT2D eigenvalue weighted by Gasteiger charge is -2.37. The number of benzene rings is 2.